The third-order valence-corrected chi connectivity index (χ3v) is 4.00. The molecule has 0 fully saturated rings. The Labute approximate surface area is 169 Å². The summed E-state index contributed by atoms with van der Waals surface area (Å²) in [6.07, 6.45) is -5.03. The zero-order valence-electron chi connectivity index (χ0n) is 16.1. The summed E-state index contributed by atoms with van der Waals surface area (Å²) in [4.78, 5) is 12.5. The van der Waals surface area contributed by atoms with Crippen LogP contribution in [-0.4, -0.2) is 27.0 Å². The number of nitrogens with zero attached hydrogens (tertiary/aromatic N) is 3. The van der Waals surface area contributed by atoms with Crippen LogP contribution in [0.15, 0.2) is 48.5 Å². The number of aromatic nitrogens is 3. The van der Waals surface area contributed by atoms with Crippen LogP contribution in [0.1, 0.15) is 35.6 Å². The van der Waals surface area contributed by atoms with Gasteiger partial charge >= 0.3 is 6.18 Å². The van der Waals surface area contributed by atoms with E-state index >= 15 is 0 Å². The average Bonchev–Trinajstić information content (AvgIpc) is 3.13. The second-order valence-corrected chi connectivity index (χ2v) is 6.63. The SMILES string of the molecule is CC(C)Oc1ccccc1CNC(=O)c1nnn(-c2ccc(F)cc2)c1C(F)(F)F. The summed E-state index contributed by atoms with van der Waals surface area (Å²) in [6.45, 7) is 3.60. The Morgan fingerprint density at radius 3 is 2.43 bits per heavy atom. The number of hydrogen-bond acceptors (Lipinski definition) is 4. The van der Waals surface area contributed by atoms with Gasteiger partial charge < -0.3 is 10.1 Å². The molecular formula is C20H18F4N4O2. The van der Waals surface area contributed by atoms with Crippen molar-refractivity contribution in [1.82, 2.24) is 20.3 Å². The molecule has 1 aromatic heterocycles. The fraction of sp³-hybridized carbons (Fsp3) is 0.250. The van der Waals surface area contributed by atoms with Crippen LogP contribution in [0.4, 0.5) is 17.6 Å². The van der Waals surface area contributed by atoms with Crippen LogP contribution in [0.3, 0.4) is 0 Å². The number of halogens is 4. The van der Waals surface area contributed by atoms with Gasteiger partial charge in [-0.15, -0.1) is 5.10 Å². The van der Waals surface area contributed by atoms with Crippen molar-refractivity contribution >= 4 is 5.91 Å². The molecule has 0 unspecified atom stereocenters. The van der Waals surface area contributed by atoms with Crippen LogP contribution >= 0.6 is 0 Å². The number of rotatable bonds is 6. The van der Waals surface area contributed by atoms with Crippen LogP contribution in [0.25, 0.3) is 5.69 Å². The lowest BCUT2D eigenvalue weighted by molar-refractivity contribution is -0.143. The maximum Gasteiger partial charge on any atom is 0.435 e. The molecule has 0 aliphatic rings. The molecule has 1 N–H and O–H groups in total. The number of para-hydroxylation sites is 1. The largest absolute Gasteiger partial charge is 0.491 e. The molecule has 30 heavy (non-hydrogen) atoms. The molecular weight excluding hydrogens is 404 g/mol. The Kier molecular flexibility index (Phi) is 6.04. The Morgan fingerprint density at radius 2 is 1.80 bits per heavy atom. The highest BCUT2D eigenvalue weighted by Gasteiger charge is 2.42. The van der Waals surface area contributed by atoms with Gasteiger partial charge in [0.25, 0.3) is 5.91 Å². The molecule has 0 aliphatic carbocycles. The fourth-order valence-corrected chi connectivity index (χ4v) is 2.73. The predicted molar refractivity (Wildman–Crippen MR) is 99.7 cm³/mol. The third kappa shape index (κ3) is 4.76. The minimum absolute atomic E-state index is 0.0670. The number of carbonyl (C=O) groups is 1. The zero-order valence-corrected chi connectivity index (χ0v) is 16.1. The lowest BCUT2D eigenvalue weighted by atomic mass is 10.2. The quantitative estimate of drug-likeness (QED) is 0.607. The molecule has 0 saturated heterocycles. The van der Waals surface area contributed by atoms with Crippen LogP contribution in [0.5, 0.6) is 5.75 Å². The minimum atomic E-state index is -4.91. The summed E-state index contributed by atoms with van der Waals surface area (Å²) < 4.78 is 60.2. The summed E-state index contributed by atoms with van der Waals surface area (Å²) in [5.74, 6) is -1.15. The van der Waals surface area contributed by atoms with Crippen molar-refractivity contribution in [2.24, 2.45) is 0 Å². The summed E-state index contributed by atoms with van der Waals surface area (Å²) in [5, 5.41) is 9.30. The molecule has 10 heteroatoms. The molecule has 3 rings (SSSR count). The molecule has 6 nitrogen and oxygen atoms in total. The van der Waals surface area contributed by atoms with Crippen LogP contribution in [-0.2, 0) is 12.7 Å². The van der Waals surface area contributed by atoms with E-state index in [1.54, 1.807) is 24.3 Å². The second kappa shape index (κ2) is 8.52. The molecule has 0 atom stereocenters. The van der Waals surface area contributed by atoms with Crippen molar-refractivity contribution in [3.63, 3.8) is 0 Å². The van der Waals surface area contributed by atoms with E-state index in [1.807, 2.05) is 13.8 Å². The summed E-state index contributed by atoms with van der Waals surface area (Å²) in [7, 11) is 0. The highest BCUT2D eigenvalue weighted by atomic mass is 19.4. The van der Waals surface area contributed by atoms with E-state index in [1.165, 1.54) is 0 Å². The number of alkyl halides is 3. The molecule has 3 aromatic rings. The lowest BCUT2D eigenvalue weighted by Gasteiger charge is -2.15. The van der Waals surface area contributed by atoms with Gasteiger partial charge in [-0.1, -0.05) is 23.4 Å². The van der Waals surface area contributed by atoms with Gasteiger partial charge in [-0.2, -0.15) is 13.2 Å². The van der Waals surface area contributed by atoms with E-state index in [4.69, 9.17) is 4.74 Å². The van der Waals surface area contributed by atoms with Crippen LogP contribution < -0.4 is 10.1 Å². The van der Waals surface area contributed by atoms with Gasteiger partial charge in [0.15, 0.2) is 11.4 Å². The monoisotopic (exact) mass is 422 g/mol. The van der Waals surface area contributed by atoms with Crippen molar-refractivity contribution in [1.29, 1.82) is 0 Å². The van der Waals surface area contributed by atoms with Gasteiger partial charge in [-0.25, -0.2) is 9.07 Å². The molecule has 158 valence electrons. The summed E-state index contributed by atoms with van der Waals surface area (Å²) in [5.41, 5.74) is -1.71. The first-order valence-corrected chi connectivity index (χ1v) is 8.98. The molecule has 1 heterocycles. The zero-order chi connectivity index (χ0) is 21.9. The smallest absolute Gasteiger partial charge is 0.435 e. The highest BCUT2D eigenvalue weighted by molar-refractivity contribution is 5.93. The van der Waals surface area contributed by atoms with E-state index in [0.29, 0.717) is 16.0 Å². The van der Waals surface area contributed by atoms with Crippen LogP contribution in [0.2, 0.25) is 0 Å². The first-order valence-electron chi connectivity index (χ1n) is 8.98. The fourth-order valence-electron chi connectivity index (χ4n) is 2.73. The van der Waals surface area contributed by atoms with Crippen molar-refractivity contribution in [3.05, 3.63) is 71.3 Å². The van der Waals surface area contributed by atoms with Crippen molar-refractivity contribution in [2.45, 2.75) is 32.7 Å². The lowest BCUT2D eigenvalue weighted by Crippen LogP contribution is -2.27. The number of amides is 1. The first-order chi connectivity index (χ1) is 14.2. The van der Waals surface area contributed by atoms with Crippen molar-refractivity contribution < 1.29 is 27.1 Å². The molecule has 0 bridgehead atoms. The molecule has 0 saturated carbocycles. The van der Waals surface area contributed by atoms with E-state index in [-0.39, 0.29) is 18.3 Å². The van der Waals surface area contributed by atoms with Gasteiger partial charge in [-0.05, 0) is 44.2 Å². The molecule has 0 radical (unpaired) electrons. The van der Waals surface area contributed by atoms with Gasteiger partial charge in [0.1, 0.15) is 11.6 Å². The maximum atomic E-state index is 13.7. The number of hydrogen-bond donors (Lipinski definition) is 1. The number of ether oxygens (including phenoxy) is 1. The molecule has 0 spiro atoms. The molecule has 1 amide bonds. The van der Waals surface area contributed by atoms with Crippen molar-refractivity contribution in [3.8, 4) is 11.4 Å². The minimum Gasteiger partial charge on any atom is -0.491 e. The maximum absolute atomic E-state index is 13.7. The third-order valence-electron chi connectivity index (χ3n) is 4.00. The van der Waals surface area contributed by atoms with Gasteiger partial charge in [-0.3, -0.25) is 4.79 Å². The van der Waals surface area contributed by atoms with E-state index < -0.39 is 29.3 Å². The molecule has 0 aliphatic heterocycles. The number of carbonyl (C=O) groups excluding carboxylic acids is 1. The number of nitrogens with one attached hydrogen (secondary N) is 1. The average molecular weight is 422 g/mol. The second-order valence-electron chi connectivity index (χ2n) is 6.63. The van der Waals surface area contributed by atoms with E-state index in [2.05, 4.69) is 15.6 Å². The predicted octanol–water partition coefficient (Wildman–Crippen LogP) is 4.14. The molecule has 2 aromatic carbocycles. The summed E-state index contributed by atoms with van der Waals surface area (Å²) >= 11 is 0. The first kappa shape index (κ1) is 21.3. The highest BCUT2D eigenvalue weighted by Crippen LogP contribution is 2.32. The number of benzene rings is 2. The summed E-state index contributed by atoms with van der Waals surface area (Å²) in [6, 6.07) is 11.1. The Balaban J connectivity index is 1.87. The van der Waals surface area contributed by atoms with E-state index in [0.717, 1.165) is 24.3 Å². The Bertz CT molecular complexity index is 1030. The Hall–Kier alpha value is -3.43. The van der Waals surface area contributed by atoms with Gasteiger partial charge in [0, 0.05) is 12.1 Å². The van der Waals surface area contributed by atoms with Crippen LogP contribution in [0, 0.1) is 5.82 Å². The topological polar surface area (TPSA) is 69.0 Å². The van der Waals surface area contributed by atoms with Gasteiger partial charge in [0.05, 0.1) is 11.8 Å². The van der Waals surface area contributed by atoms with Crippen molar-refractivity contribution in [2.75, 3.05) is 0 Å². The standard InChI is InChI=1S/C20H18F4N4O2/c1-12(2)30-16-6-4-3-5-13(16)11-25-19(29)17-18(20(22,23)24)28(27-26-17)15-9-7-14(21)8-10-15/h3-10,12H,11H2,1-2H3,(H,25,29). The van der Waals surface area contributed by atoms with Gasteiger partial charge in [0.2, 0.25) is 0 Å². The Morgan fingerprint density at radius 1 is 1.13 bits per heavy atom. The normalized spacial score (nSPS) is 11.6. The van der Waals surface area contributed by atoms with E-state index in [9.17, 15) is 22.4 Å².